The highest BCUT2D eigenvalue weighted by atomic mass is 32.2. The average molecular weight is 306 g/mol. The summed E-state index contributed by atoms with van der Waals surface area (Å²) in [7, 11) is 0. The van der Waals surface area contributed by atoms with E-state index in [1.54, 1.807) is 25.1 Å². The molecule has 0 unspecified atom stereocenters. The summed E-state index contributed by atoms with van der Waals surface area (Å²) in [5.41, 5.74) is 0.440. The predicted molar refractivity (Wildman–Crippen MR) is 78.4 cm³/mol. The lowest BCUT2D eigenvalue weighted by molar-refractivity contribution is -0.119. The van der Waals surface area contributed by atoms with Gasteiger partial charge in [-0.2, -0.15) is 0 Å². The van der Waals surface area contributed by atoms with Crippen molar-refractivity contribution in [1.29, 1.82) is 0 Å². The average Bonchev–Trinajstić information content (AvgIpc) is 2.89. The molecule has 0 radical (unpaired) electrons. The van der Waals surface area contributed by atoms with E-state index < -0.39 is 11.9 Å². The number of hydrogen-bond acceptors (Lipinski definition) is 6. The van der Waals surface area contributed by atoms with Gasteiger partial charge in [-0.15, -0.1) is 11.8 Å². The molecule has 0 saturated carbocycles. The van der Waals surface area contributed by atoms with Crippen LogP contribution in [-0.2, 0) is 9.53 Å². The van der Waals surface area contributed by atoms with Crippen molar-refractivity contribution in [3.05, 3.63) is 41.7 Å². The molecule has 1 heterocycles. The second-order valence-electron chi connectivity index (χ2n) is 4.15. The number of anilines is 1. The summed E-state index contributed by atoms with van der Waals surface area (Å²) in [5.74, 6) is -0.140. The first kappa shape index (κ1) is 15.1. The van der Waals surface area contributed by atoms with Crippen molar-refractivity contribution < 1.29 is 18.8 Å². The molecule has 1 N–H and O–H groups in total. The van der Waals surface area contributed by atoms with Gasteiger partial charge in [-0.1, -0.05) is 17.3 Å². The van der Waals surface area contributed by atoms with Crippen molar-refractivity contribution >= 4 is 29.5 Å². The van der Waals surface area contributed by atoms with Crippen molar-refractivity contribution in [3.8, 4) is 0 Å². The molecule has 0 aliphatic rings. The first-order valence-electron chi connectivity index (χ1n) is 6.13. The maximum absolute atomic E-state index is 11.9. The van der Waals surface area contributed by atoms with Gasteiger partial charge in [0, 0.05) is 11.0 Å². The van der Waals surface area contributed by atoms with E-state index in [0.29, 0.717) is 11.3 Å². The Labute approximate surface area is 125 Å². The predicted octanol–water partition coefficient (Wildman–Crippen LogP) is 2.50. The van der Waals surface area contributed by atoms with Crippen LogP contribution in [0.3, 0.4) is 0 Å². The Hall–Kier alpha value is -2.28. The van der Waals surface area contributed by atoms with Gasteiger partial charge >= 0.3 is 5.97 Å². The molecule has 0 spiro atoms. The van der Waals surface area contributed by atoms with Gasteiger partial charge < -0.3 is 14.6 Å². The first-order chi connectivity index (χ1) is 10.1. The highest BCUT2D eigenvalue weighted by Crippen LogP contribution is 2.20. The number of nitrogens with one attached hydrogen (secondary N) is 1. The van der Waals surface area contributed by atoms with Crippen LogP contribution in [0.2, 0.25) is 0 Å². The lowest BCUT2D eigenvalue weighted by Gasteiger charge is -2.07. The third-order valence-corrected chi connectivity index (χ3v) is 3.35. The fourth-order valence-electron chi connectivity index (χ4n) is 1.63. The summed E-state index contributed by atoms with van der Waals surface area (Å²) in [6.45, 7) is 1.33. The molecular formula is C14H14N2O4S. The Bertz CT molecular complexity index is 654. The minimum atomic E-state index is -0.536. The third-order valence-electron chi connectivity index (χ3n) is 2.56. The van der Waals surface area contributed by atoms with Gasteiger partial charge in [-0.05, 0) is 25.3 Å². The molecule has 1 aromatic heterocycles. The molecule has 0 saturated heterocycles. The van der Waals surface area contributed by atoms with Gasteiger partial charge in [0.15, 0.2) is 12.4 Å². The SMILES string of the molecule is CSc1ccccc1C(=O)OCC(=O)Nc1cc(C)on1. The van der Waals surface area contributed by atoms with Crippen molar-refractivity contribution in [2.45, 2.75) is 11.8 Å². The van der Waals surface area contributed by atoms with Crippen molar-refractivity contribution in [3.63, 3.8) is 0 Å². The van der Waals surface area contributed by atoms with E-state index in [0.717, 1.165) is 4.90 Å². The van der Waals surface area contributed by atoms with Crippen molar-refractivity contribution in [1.82, 2.24) is 5.16 Å². The first-order valence-corrected chi connectivity index (χ1v) is 7.36. The fourth-order valence-corrected chi connectivity index (χ4v) is 2.21. The minimum absolute atomic E-state index is 0.290. The lowest BCUT2D eigenvalue weighted by atomic mass is 10.2. The molecule has 0 aliphatic heterocycles. The van der Waals surface area contributed by atoms with Gasteiger partial charge in [0.2, 0.25) is 0 Å². The number of benzene rings is 1. The Morgan fingerprint density at radius 1 is 1.38 bits per heavy atom. The van der Waals surface area contributed by atoms with Crippen LogP contribution >= 0.6 is 11.8 Å². The number of hydrogen-bond donors (Lipinski definition) is 1. The van der Waals surface area contributed by atoms with E-state index in [2.05, 4.69) is 10.5 Å². The highest BCUT2D eigenvalue weighted by Gasteiger charge is 2.14. The highest BCUT2D eigenvalue weighted by molar-refractivity contribution is 7.98. The molecule has 21 heavy (non-hydrogen) atoms. The van der Waals surface area contributed by atoms with Crippen molar-refractivity contribution in [2.24, 2.45) is 0 Å². The molecular weight excluding hydrogens is 292 g/mol. The summed E-state index contributed by atoms with van der Waals surface area (Å²) >= 11 is 1.44. The zero-order valence-corrected chi connectivity index (χ0v) is 12.4. The molecule has 110 valence electrons. The summed E-state index contributed by atoms with van der Waals surface area (Å²) in [6, 6.07) is 8.63. The van der Waals surface area contributed by atoms with Crippen LogP contribution in [-0.4, -0.2) is 29.9 Å². The van der Waals surface area contributed by atoms with Gasteiger partial charge in [0.05, 0.1) is 5.56 Å². The number of rotatable bonds is 5. The van der Waals surface area contributed by atoms with E-state index in [1.165, 1.54) is 11.8 Å². The monoisotopic (exact) mass is 306 g/mol. The fraction of sp³-hybridized carbons (Fsp3) is 0.214. The van der Waals surface area contributed by atoms with Gasteiger partial charge in [0.25, 0.3) is 5.91 Å². The summed E-state index contributed by atoms with van der Waals surface area (Å²) < 4.78 is 9.80. The number of nitrogens with zero attached hydrogens (tertiary/aromatic N) is 1. The standard InChI is InChI=1S/C14H14N2O4S/c1-9-7-12(16-20-9)15-13(17)8-19-14(18)10-5-3-4-6-11(10)21-2/h3-7H,8H2,1-2H3,(H,15,16,17). The van der Waals surface area contributed by atoms with Crippen LogP contribution in [0.15, 0.2) is 39.8 Å². The van der Waals surface area contributed by atoms with Gasteiger partial charge in [-0.25, -0.2) is 4.79 Å². The van der Waals surface area contributed by atoms with E-state index in [4.69, 9.17) is 9.26 Å². The second-order valence-corrected chi connectivity index (χ2v) is 5.00. The number of aromatic nitrogens is 1. The molecule has 0 aliphatic carbocycles. The molecule has 2 rings (SSSR count). The quantitative estimate of drug-likeness (QED) is 0.675. The zero-order valence-electron chi connectivity index (χ0n) is 11.6. The van der Waals surface area contributed by atoms with Crippen LogP contribution in [0.1, 0.15) is 16.1 Å². The second kappa shape index (κ2) is 6.94. The topological polar surface area (TPSA) is 81.4 Å². The normalized spacial score (nSPS) is 10.2. The Morgan fingerprint density at radius 2 is 2.14 bits per heavy atom. The molecule has 0 fully saturated rings. The maximum Gasteiger partial charge on any atom is 0.339 e. The summed E-state index contributed by atoms with van der Waals surface area (Å²) in [6.07, 6.45) is 1.87. The molecule has 2 aromatic rings. The van der Waals surface area contributed by atoms with Crippen LogP contribution < -0.4 is 5.32 Å². The van der Waals surface area contributed by atoms with Gasteiger partial charge in [-0.3, -0.25) is 4.79 Å². The lowest BCUT2D eigenvalue weighted by Crippen LogP contribution is -2.21. The maximum atomic E-state index is 11.9. The van der Waals surface area contributed by atoms with Crippen molar-refractivity contribution in [2.75, 3.05) is 18.2 Å². The Morgan fingerprint density at radius 3 is 2.81 bits per heavy atom. The van der Waals surface area contributed by atoms with E-state index in [1.807, 2.05) is 18.4 Å². The Kier molecular flexibility index (Phi) is 4.99. The zero-order chi connectivity index (χ0) is 15.2. The minimum Gasteiger partial charge on any atom is -0.452 e. The number of ether oxygens (including phenoxy) is 1. The molecule has 1 amide bonds. The van der Waals surface area contributed by atoms with Gasteiger partial charge in [0.1, 0.15) is 5.76 Å². The smallest absolute Gasteiger partial charge is 0.339 e. The number of amides is 1. The van der Waals surface area contributed by atoms with Crippen LogP contribution in [0, 0.1) is 6.92 Å². The van der Waals surface area contributed by atoms with Crippen LogP contribution in [0.25, 0.3) is 0 Å². The van der Waals surface area contributed by atoms with E-state index in [9.17, 15) is 9.59 Å². The molecule has 0 bridgehead atoms. The largest absolute Gasteiger partial charge is 0.452 e. The van der Waals surface area contributed by atoms with E-state index in [-0.39, 0.29) is 12.4 Å². The Balaban J connectivity index is 1.90. The molecule has 6 nitrogen and oxygen atoms in total. The summed E-state index contributed by atoms with van der Waals surface area (Å²) in [4.78, 5) is 24.4. The number of carbonyl (C=O) groups is 2. The summed E-state index contributed by atoms with van der Waals surface area (Å²) in [5, 5.41) is 6.09. The number of esters is 1. The molecule has 7 heteroatoms. The number of aryl methyl sites for hydroxylation is 1. The third kappa shape index (κ3) is 4.09. The van der Waals surface area contributed by atoms with E-state index >= 15 is 0 Å². The number of carbonyl (C=O) groups excluding carboxylic acids is 2. The van der Waals surface area contributed by atoms with Crippen LogP contribution in [0.4, 0.5) is 5.82 Å². The molecule has 1 aromatic carbocycles. The van der Waals surface area contributed by atoms with Crippen LogP contribution in [0.5, 0.6) is 0 Å². The molecule has 0 atom stereocenters. The number of thioether (sulfide) groups is 1.